The predicted octanol–water partition coefficient (Wildman–Crippen LogP) is 4.90. The molecule has 0 saturated heterocycles. The van der Waals surface area contributed by atoms with Gasteiger partial charge in [0.1, 0.15) is 11.5 Å². The fourth-order valence-corrected chi connectivity index (χ4v) is 4.21. The van der Waals surface area contributed by atoms with Crippen LogP contribution in [-0.2, 0) is 10.0 Å². The van der Waals surface area contributed by atoms with E-state index < -0.39 is 15.8 Å². The van der Waals surface area contributed by atoms with Crippen molar-refractivity contribution in [2.75, 3.05) is 4.72 Å². The Morgan fingerprint density at radius 2 is 1.93 bits per heavy atom. The zero-order valence-electron chi connectivity index (χ0n) is 14.7. The molecule has 0 spiro atoms. The second-order valence-electron chi connectivity index (χ2n) is 6.30. The van der Waals surface area contributed by atoms with Gasteiger partial charge in [0.15, 0.2) is 0 Å². The molecule has 0 aliphatic rings. The van der Waals surface area contributed by atoms with Crippen LogP contribution in [0, 0.1) is 12.7 Å². The molecule has 0 aliphatic heterocycles. The van der Waals surface area contributed by atoms with Crippen LogP contribution < -0.4 is 4.72 Å². The van der Waals surface area contributed by atoms with Crippen LogP contribution >= 0.6 is 11.6 Å². The van der Waals surface area contributed by atoms with E-state index in [9.17, 15) is 12.8 Å². The summed E-state index contributed by atoms with van der Waals surface area (Å²) in [5.41, 5.74) is 3.43. The molecule has 28 heavy (non-hydrogen) atoms. The highest BCUT2D eigenvalue weighted by Crippen LogP contribution is 2.28. The average molecular weight is 416 g/mol. The van der Waals surface area contributed by atoms with Crippen molar-refractivity contribution >= 4 is 33.0 Å². The summed E-state index contributed by atoms with van der Waals surface area (Å²) >= 11 is 5.72. The maximum atomic E-state index is 13.4. The quantitative estimate of drug-likeness (QED) is 0.515. The lowest BCUT2D eigenvalue weighted by atomic mass is 10.1. The van der Waals surface area contributed by atoms with Crippen molar-refractivity contribution < 1.29 is 12.8 Å². The highest BCUT2D eigenvalue weighted by molar-refractivity contribution is 7.92. The summed E-state index contributed by atoms with van der Waals surface area (Å²) in [4.78, 5) is 4.44. The Labute approximate surface area is 166 Å². The number of aryl methyl sites for hydroxylation is 1. The van der Waals surface area contributed by atoms with Crippen LogP contribution in [0.2, 0.25) is 5.02 Å². The second kappa shape index (κ2) is 6.92. The topological polar surface area (TPSA) is 63.5 Å². The minimum Gasteiger partial charge on any atom is -0.306 e. The Morgan fingerprint density at radius 3 is 2.68 bits per heavy atom. The van der Waals surface area contributed by atoms with Crippen LogP contribution in [0.15, 0.2) is 71.9 Å². The number of halogens is 2. The third-order valence-corrected chi connectivity index (χ3v) is 6.00. The Hall–Kier alpha value is -2.90. The number of benzene rings is 2. The van der Waals surface area contributed by atoms with Gasteiger partial charge in [0.2, 0.25) is 0 Å². The third kappa shape index (κ3) is 3.46. The van der Waals surface area contributed by atoms with Crippen molar-refractivity contribution in [3.8, 4) is 11.3 Å². The van der Waals surface area contributed by atoms with Gasteiger partial charge in [0.25, 0.3) is 10.0 Å². The SMILES string of the molecule is Cc1ccc(-c2cn3ccccc3n2)cc1NS(=O)(=O)c1ccc(F)c(Cl)c1. The van der Waals surface area contributed by atoms with E-state index in [1.54, 1.807) is 13.0 Å². The van der Waals surface area contributed by atoms with E-state index in [4.69, 9.17) is 11.6 Å². The van der Waals surface area contributed by atoms with Crippen LogP contribution in [-0.4, -0.2) is 17.8 Å². The summed E-state index contributed by atoms with van der Waals surface area (Å²) in [7, 11) is -3.93. The molecule has 0 aliphatic carbocycles. The summed E-state index contributed by atoms with van der Waals surface area (Å²) in [6.07, 6.45) is 3.76. The van der Waals surface area contributed by atoms with Gasteiger partial charge in [-0.25, -0.2) is 17.8 Å². The van der Waals surface area contributed by atoms with E-state index >= 15 is 0 Å². The molecule has 0 unspecified atom stereocenters. The van der Waals surface area contributed by atoms with Gasteiger partial charge in [-0.15, -0.1) is 0 Å². The number of nitrogens with zero attached hydrogens (tertiary/aromatic N) is 2. The highest BCUT2D eigenvalue weighted by atomic mass is 35.5. The summed E-state index contributed by atoms with van der Waals surface area (Å²) < 4.78 is 43.2. The number of hydrogen-bond acceptors (Lipinski definition) is 3. The highest BCUT2D eigenvalue weighted by Gasteiger charge is 2.18. The lowest BCUT2D eigenvalue weighted by Gasteiger charge is -2.12. The number of anilines is 1. The fourth-order valence-electron chi connectivity index (χ4n) is 2.81. The number of imidazole rings is 1. The molecule has 2 aromatic heterocycles. The van der Waals surface area contributed by atoms with Crippen LogP contribution in [0.3, 0.4) is 0 Å². The predicted molar refractivity (Wildman–Crippen MR) is 108 cm³/mol. The first kappa shape index (κ1) is 18.5. The molecule has 2 heterocycles. The van der Waals surface area contributed by atoms with Gasteiger partial charge in [-0.05, 0) is 48.9 Å². The fraction of sp³-hybridized carbons (Fsp3) is 0.0500. The minimum absolute atomic E-state index is 0.114. The molecule has 8 heteroatoms. The number of sulfonamides is 1. The number of nitrogens with one attached hydrogen (secondary N) is 1. The molecule has 5 nitrogen and oxygen atoms in total. The standard InChI is InChI=1S/C20H15ClFN3O2S/c1-13-5-6-14(19-12-25-9-3-2-4-20(25)23-19)10-18(13)24-28(26,27)15-7-8-17(22)16(21)11-15/h2-12,24H,1H3. The molecule has 0 atom stereocenters. The number of hydrogen-bond donors (Lipinski definition) is 1. The minimum atomic E-state index is -3.93. The van der Waals surface area contributed by atoms with Crippen LogP contribution in [0.5, 0.6) is 0 Å². The normalized spacial score (nSPS) is 11.7. The summed E-state index contributed by atoms with van der Waals surface area (Å²) in [6, 6.07) is 14.4. The van der Waals surface area contributed by atoms with Gasteiger partial charge in [-0.3, -0.25) is 4.72 Å². The molecule has 4 rings (SSSR count). The van der Waals surface area contributed by atoms with Crippen molar-refractivity contribution in [3.63, 3.8) is 0 Å². The molecule has 4 aromatic rings. The molecule has 2 aromatic carbocycles. The molecule has 0 bridgehead atoms. The molecule has 1 N–H and O–H groups in total. The van der Waals surface area contributed by atoms with Gasteiger partial charge < -0.3 is 4.40 Å². The van der Waals surface area contributed by atoms with Crippen molar-refractivity contribution in [2.45, 2.75) is 11.8 Å². The lowest BCUT2D eigenvalue weighted by Crippen LogP contribution is -2.14. The third-order valence-electron chi connectivity index (χ3n) is 4.34. The maximum absolute atomic E-state index is 13.4. The number of pyridine rings is 1. The average Bonchev–Trinajstić information content (AvgIpc) is 3.09. The molecule has 0 radical (unpaired) electrons. The first-order valence-electron chi connectivity index (χ1n) is 8.36. The lowest BCUT2D eigenvalue weighted by molar-refractivity contribution is 0.599. The van der Waals surface area contributed by atoms with E-state index in [-0.39, 0.29) is 9.92 Å². The number of rotatable bonds is 4. The summed E-state index contributed by atoms with van der Waals surface area (Å²) in [6.45, 7) is 1.79. The molecule has 0 saturated carbocycles. The second-order valence-corrected chi connectivity index (χ2v) is 8.39. The molecular weight excluding hydrogens is 401 g/mol. The zero-order chi connectivity index (χ0) is 19.9. The Morgan fingerprint density at radius 1 is 1.11 bits per heavy atom. The first-order chi connectivity index (χ1) is 13.3. The summed E-state index contributed by atoms with van der Waals surface area (Å²) in [5, 5.41) is -0.252. The van der Waals surface area contributed by atoms with Crippen molar-refractivity contribution in [2.24, 2.45) is 0 Å². The number of fused-ring (bicyclic) bond motifs is 1. The van der Waals surface area contributed by atoms with Gasteiger partial charge in [-0.1, -0.05) is 29.8 Å². The molecule has 0 fully saturated rings. The van der Waals surface area contributed by atoms with E-state index in [1.165, 1.54) is 6.07 Å². The monoisotopic (exact) mass is 415 g/mol. The van der Waals surface area contributed by atoms with Gasteiger partial charge in [-0.2, -0.15) is 0 Å². The zero-order valence-corrected chi connectivity index (χ0v) is 16.3. The van der Waals surface area contributed by atoms with Gasteiger partial charge >= 0.3 is 0 Å². The Balaban J connectivity index is 1.71. The van der Waals surface area contributed by atoms with E-state index in [0.717, 1.165) is 34.6 Å². The van der Waals surface area contributed by atoms with Crippen LogP contribution in [0.4, 0.5) is 10.1 Å². The van der Waals surface area contributed by atoms with Crippen LogP contribution in [0.1, 0.15) is 5.56 Å². The summed E-state index contributed by atoms with van der Waals surface area (Å²) in [5.74, 6) is -0.675. The van der Waals surface area contributed by atoms with E-state index in [1.807, 2.05) is 47.1 Å². The maximum Gasteiger partial charge on any atom is 0.261 e. The molecular formula is C20H15ClFN3O2S. The first-order valence-corrected chi connectivity index (χ1v) is 10.2. The smallest absolute Gasteiger partial charge is 0.261 e. The number of aromatic nitrogens is 2. The van der Waals surface area contributed by atoms with E-state index in [0.29, 0.717) is 5.69 Å². The van der Waals surface area contributed by atoms with Crippen molar-refractivity contribution in [1.82, 2.24) is 9.38 Å². The van der Waals surface area contributed by atoms with Crippen LogP contribution in [0.25, 0.3) is 16.9 Å². The molecule has 0 amide bonds. The van der Waals surface area contributed by atoms with E-state index in [2.05, 4.69) is 9.71 Å². The molecule has 142 valence electrons. The Bertz CT molecular complexity index is 1270. The largest absolute Gasteiger partial charge is 0.306 e. The van der Waals surface area contributed by atoms with Crippen molar-refractivity contribution in [3.05, 3.63) is 83.4 Å². The van der Waals surface area contributed by atoms with Gasteiger partial charge in [0.05, 0.1) is 21.3 Å². The Kier molecular flexibility index (Phi) is 4.56. The van der Waals surface area contributed by atoms with Gasteiger partial charge in [0, 0.05) is 18.0 Å². The van der Waals surface area contributed by atoms with Crippen molar-refractivity contribution in [1.29, 1.82) is 0 Å².